The summed E-state index contributed by atoms with van der Waals surface area (Å²) in [7, 11) is 0. The minimum atomic E-state index is -0.211. The normalized spacial score (nSPS) is 30.0. The molecule has 1 atom stereocenters. The van der Waals surface area contributed by atoms with E-state index in [0.717, 1.165) is 19.4 Å². The molecular formula is C9H16N2O. The molecule has 1 amide bonds. The van der Waals surface area contributed by atoms with Crippen molar-refractivity contribution in [2.45, 2.75) is 25.3 Å². The molecule has 0 bridgehead atoms. The molecule has 1 heterocycles. The summed E-state index contributed by atoms with van der Waals surface area (Å²) in [4.78, 5) is 13.0. The molecule has 0 radical (unpaired) electrons. The zero-order valence-corrected chi connectivity index (χ0v) is 7.55. The lowest BCUT2D eigenvalue weighted by Crippen LogP contribution is -2.53. The Hall–Kier alpha value is -0.830. The molecule has 0 saturated carbocycles. The van der Waals surface area contributed by atoms with Crippen LogP contribution in [0.15, 0.2) is 12.7 Å². The fourth-order valence-electron chi connectivity index (χ4n) is 1.59. The molecule has 0 aromatic carbocycles. The maximum absolute atomic E-state index is 11.2. The molecule has 0 aromatic heterocycles. The van der Waals surface area contributed by atoms with Gasteiger partial charge >= 0.3 is 0 Å². The fourth-order valence-corrected chi connectivity index (χ4v) is 1.59. The Morgan fingerprint density at radius 3 is 2.92 bits per heavy atom. The van der Waals surface area contributed by atoms with Crippen LogP contribution in [0, 0.1) is 0 Å². The van der Waals surface area contributed by atoms with Crippen LogP contribution >= 0.6 is 0 Å². The van der Waals surface area contributed by atoms with Crippen molar-refractivity contribution in [2.24, 2.45) is 5.73 Å². The standard InChI is InChI=1S/C9H16N2O/c1-3-8(12)11-6-4-5-9(2,10)7-11/h3H,1,4-7,10H2,2H3. The van der Waals surface area contributed by atoms with E-state index in [9.17, 15) is 4.79 Å². The van der Waals surface area contributed by atoms with Gasteiger partial charge in [-0.3, -0.25) is 4.79 Å². The summed E-state index contributed by atoms with van der Waals surface area (Å²) in [5, 5.41) is 0. The topological polar surface area (TPSA) is 46.3 Å². The highest BCUT2D eigenvalue weighted by Crippen LogP contribution is 2.17. The minimum absolute atomic E-state index is 0.00799. The summed E-state index contributed by atoms with van der Waals surface area (Å²) in [6, 6.07) is 0. The Morgan fingerprint density at radius 1 is 1.75 bits per heavy atom. The molecule has 0 aromatic rings. The van der Waals surface area contributed by atoms with Gasteiger partial charge in [-0.05, 0) is 25.8 Å². The Morgan fingerprint density at radius 2 is 2.42 bits per heavy atom. The van der Waals surface area contributed by atoms with E-state index in [-0.39, 0.29) is 11.4 Å². The molecule has 68 valence electrons. The molecule has 1 fully saturated rings. The first-order valence-corrected chi connectivity index (χ1v) is 4.25. The molecule has 0 spiro atoms. The summed E-state index contributed by atoms with van der Waals surface area (Å²) in [5.74, 6) is -0.00799. The second-order valence-electron chi connectivity index (χ2n) is 3.72. The molecule has 0 aliphatic carbocycles. The number of carbonyl (C=O) groups is 1. The van der Waals surface area contributed by atoms with E-state index in [2.05, 4.69) is 6.58 Å². The monoisotopic (exact) mass is 168 g/mol. The third-order valence-corrected chi connectivity index (χ3v) is 2.21. The highest BCUT2D eigenvalue weighted by Gasteiger charge is 2.28. The number of nitrogens with zero attached hydrogens (tertiary/aromatic N) is 1. The lowest BCUT2D eigenvalue weighted by Gasteiger charge is -2.37. The summed E-state index contributed by atoms with van der Waals surface area (Å²) in [5.41, 5.74) is 5.72. The van der Waals surface area contributed by atoms with Crippen LogP contribution in [0.4, 0.5) is 0 Å². The number of piperidine rings is 1. The number of nitrogens with two attached hydrogens (primary N) is 1. The van der Waals surface area contributed by atoms with Crippen molar-refractivity contribution in [1.82, 2.24) is 4.90 Å². The van der Waals surface area contributed by atoms with E-state index < -0.39 is 0 Å². The number of likely N-dealkylation sites (tertiary alicyclic amines) is 1. The lowest BCUT2D eigenvalue weighted by molar-refractivity contribution is -0.127. The van der Waals surface area contributed by atoms with E-state index in [1.54, 1.807) is 4.90 Å². The van der Waals surface area contributed by atoms with Gasteiger partial charge in [0.05, 0.1) is 0 Å². The van der Waals surface area contributed by atoms with Crippen molar-refractivity contribution in [2.75, 3.05) is 13.1 Å². The molecular weight excluding hydrogens is 152 g/mol. The van der Waals surface area contributed by atoms with Crippen molar-refractivity contribution < 1.29 is 4.79 Å². The predicted molar refractivity (Wildman–Crippen MR) is 48.6 cm³/mol. The second kappa shape index (κ2) is 3.27. The van der Waals surface area contributed by atoms with Crippen LogP contribution < -0.4 is 5.73 Å². The lowest BCUT2D eigenvalue weighted by atomic mass is 9.92. The summed E-state index contributed by atoms with van der Waals surface area (Å²) in [6.07, 6.45) is 3.34. The number of carbonyl (C=O) groups excluding carboxylic acids is 1. The van der Waals surface area contributed by atoms with E-state index >= 15 is 0 Å². The van der Waals surface area contributed by atoms with Crippen LogP contribution in [0.1, 0.15) is 19.8 Å². The molecule has 3 nitrogen and oxygen atoms in total. The summed E-state index contributed by atoms with van der Waals surface area (Å²) in [6.45, 7) is 6.90. The second-order valence-corrected chi connectivity index (χ2v) is 3.72. The average Bonchev–Trinajstić information content (AvgIpc) is 2.01. The predicted octanol–water partition coefficient (Wildman–Crippen LogP) is 0.512. The first-order valence-electron chi connectivity index (χ1n) is 4.25. The fraction of sp³-hybridized carbons (Fsp3) is 0.667. The Bertz CT molecular complexity index is 199. The maximum Gasteiger partial charge on any atom is 0.246 e. The highest BCUT2D eigenvalue weighted by molar-refractivity contribution is 5.87. The van der Waals surface area contributed by atoms with E-state index in [4.69, 9.17) is 5.73 Å². The van der Waals surface area contributed by atoms with Crippen molar-refractivity contribution >= 4 is 5.91 Å². The van der Waals surface area contributed by atoms with E-state index in [1.165, 1.54) is 6.08 Å². The first-order chi connectivity index (χ1) is 5.55. The van der Waals surface area contributed by atoms with Crippen LogP contribution in [0.2, 0.25) is 0 Å². The van der Waals surface area contributed by atoms with Gasteiger partial charge in [-0.15, -0.1) is 0 Å². The molecule has 2 N–H and O–H groups in total. The van der Waals surface area contributed by atoms with Crippen LogP contribution in [-0.2, 0) is 4.79 Å². The molecule has 1 aliphatic heterocycles. The van der Waals surface area contributed by atoms with Crippen molar-refractivity contribution in [3.8, 4) is 0 Å². The van der Waals surface area contributed by atoms with E-state index in [0.29, 0.717) is 6.54 Å². The molecule has 1 saturated heterocycles. The van der Waals surface area contributed by atoms with Gasteiger partial charge in [0.2, 0.25) is 5.91 Å². The van der Waals surface area contributed by atoms with Crippen LogP contribution in [0.3, 0.4) is 0 Å². The SMILES string of the molecule is C=CC(=O)N1CCCC(C)(N)C1. The number of amides is 1. The Labute approximate surface area is 73.2 Å². The number of hydrogen-bond donors (Lipinski definition) is 1. The molecule has 1 unspecified atom stereocenters. The van der Waals surface area contributed by atoms with Gasteiger partial charge in [0, 0.05) is 18.6 Å². The molecule has 3 heteroatoms. The quantitative estimate of drug-likeness (QED) is 0.580. The molecule has 12 heavy (non-hydrogen) atoms. The molecule has 1 rings (SSSR count). The Balaban J connectivity index is 2.57. The smallest absolute Gasteiger partial charge is 0.246 e. The van der Waals surface area contributed by atoms with Gasteiger partial charge in [0.25, 0.3) is 0 Å². The summed E-state index contributed by atoms with van der Waals surface area (Å²) < 4.78 is 0. The molecule has 1 aliphatic rings. The third kappa shape index (κ3) is 2.08. The van der Waals surface area contributed by atoms with Crippen molar-refractivity contribution in [3.05, 3.63) is 12.7 Å². The zero-order chi connectivity index (χ0) is 9.19. The summed E-state index contributed by atoms with van der Waals surface area (Å²) >= 11 is 0. The van der Waals surface area contributed by atoms with Crippen LogP contribution in [-0.4, -0.2) is 29.4 Å². The van der Waals surface area contributed by atoms with Crippen LogP contribution in [0.5, 0.6) is 0 Å². The van der Waals surface area contributed by atoms with Gasteiger partial charge in [-0.1, -0.05) is 6.58 Å². The maximum atomic E-state index is 11.2. The Kier molecular flexibility index (Phi) is 2.52. The zero-order valence-electron chi connectivity index (χ0n) is 7.55. The van der Waals surface area contributed by atoms with Crippen LogP contribution in [0.25, 0.3) is 0 Å². The minimum Gasteiger partial charge on any atom is -0.337 e. The first kappa shape index (κ1) is 9.26. The number of rotatable bonds is 1. The van der Waals surface area contributed by atoms with Gasteiger partial charge in [0.1, 0.15) is 0 Å². The average molecular weight is 168 g/mol. The largest absolute Gasteiger partial charge is 0.337 e. The van der Waals surface area contributed by atoms with Crippen molar-refractivity contribution in [3.63, 3.8) is 0 Å². The van der Waals surface area contributed by atoms with Gasteiger partial charge in [-0.25, -0.2) is 0 Å². The number of hydrogen-bond acceptors (Lipinski definition) is 2. The van der Waals surface area contributed by atoms with Gasteiger partial charge < -0.3 is 10.6 Å². The third-order valence-electron chi connectivity index (χ3n) is 2.21. The van der Waals surface area contributed by atoms with Gasteiger partial charge in [0.15, 0.2) is 0 Å². The van der Waals surface area contributed by atoms with Gasteiger partial charge in [-0.2, -0.15) is 0 Å². The van der Waals surface area contributed by atoms with E-state index in [1.807, 2.05) is 6.92 Å². The highest BCUT2D eigenvalue weighted by atomic mass is 16.2. The van der Waals surface area contributed by atoms with Crippen molar-refractivity contribution in [1.29, 1.82) is 0 Å².